The second-order valence-electron chi connectivity index (χ2n) is 8.17. The second kappa shape index (κ2) is 9.04. The van der Waals surface area contributed by atoms with Gasteiger partial charge in [-0.15, -0.1) is 0 Å². The number of ether oxygens (including phenoxy) is 1. The minimum absolute atomic E-state index is 0.0154. The number of hydrogen-bond donors (Lipinski definition) is 0. The van der Waals surface area contributed by atoms with Crippen molar-refractivity contribution in [3.63, 3.8) is 0 Å². The number of nitriles is 2. The average molecular weight is 523 g/mol. The standard InChI is InChI=1S/C23H13F4N9O2/c1-35-20(37)19-18(32-21(35)23(25,26)27)17(14-3-2-11(5-28)4-15(14)24)33-22(34-19)36-9-13(10-36)38-16-8-30-12(6-29)7-31-16/h2-4,7-8,13H,9-10H2,1H3. The van der Waals surface area contributed by atoms with E-state index in [1.807, 2.05) is 6.07 Å². The van der Waals surface area contributed by atoms with Crippen molar-refractivity contribution in [2.75, 3.05) is 18.0 Å². The third-order valence-electron chi connectivity index (χ3n) is 5.68. The first kappa shape index (κ1) is 24.5. The number of halogens is 4. The summed E-state index contributed by atoms with van der Waals surface area (Å²) in [6.07, 6.45) is -2.85. The highest BCUT2D eigenvalue weighted by molar-refractivity contribution is 5.90. The molecule has 1 aromatic carbocycles. The van der Waals surface area contributed by atoms with Gasteiger partial charge in [0.05, 0.1) is 37.1 Å². The molecule has 1 saturated heterocycles. The number of alkyl halides is 3. The van der Waals surface area contributed by atoms with Crippen molar-refractivity contribution in [2.24, 2.45) is 7.05 Å². The quantitative estimate of drug-likeness (QED) is 0.365. The Hall–Kier alpha value is -5.18. The maximum atomic E-state index is 14.9. The summed E-state index contributed by atoms with van der Waals surface area (Å²) >= 11 is 0. The van der Waals surface area contributed by atoms with Crippen molar-refractivity contribution < 1.29 is 22.3 Å². The summed E-state index contributed by atoms with van der Waals surface area (Å²) < 4.78 is 61.7. The second-order valence-corrected chi connectivity index (χ2v) is 8.17. The molecule has 0 atom stereocenters. The molecule has 0 saturated carbocycles. The molecule has 3 aromatic heterocycles. The fourth-order valence-electron chi connectivity index (χ4n) is 3.77. The van der Waals surface area contributed by atoms with Gasteiger partial charge >= 0.3 is 6.18 Å². The molecule has 0 amide bonds. The number of benzene rings is 1. The summed E-state index contributed by atoms with van der Waals surface area (Å²) in [6.45, 7) is 0.410. The van der Waals surface area contributed by atoms with Crippen molar-refractivity contribution >= 4 is 17.0 Å². The van der Waals surface area contributed by atoms with E-state index >= 15 is 0 Å². The average Bonchev–Trinajstić information content (AvgIpc) is 2.87. The summed E-state index contributed by atoms with van der Waals surface area (Å²) in [7, 11) is 0.910. The smallest absolute Gasteiger partial charge is 0.449 e. The Bertz CT molecular complexity index is 1720. The van der Waals surface area contributed by atoms with E-state index in [0.717, 1.165) is 13.1 Å². The van der Waals surface area contributed by atoms with Crippen LogP contribution in [-0.2, 0) is 13.2 Å². The fraction of sp³-hybridized carbons (Fsp3) is 0.217. The Balaban J connectivity index is 1.57. The van der Waals surface area contributed by atoms with E-state index in [1.165, 1.54) is 24.5 Å². The molecular weight excluding hydrogens is 510 g/mol. The molecule has 15 heteroatoms. The predicted molar refractivity (Wildman–Crippen MR) is 121 cm³/mol. The largest absolute Gasteiger partial charge is 0.469 e. The van der Waals surface area contributed by atoms with E-state index in [1.54, 1.807) is 11.0 Å². The Kier molecular flexibility index (Phi) is 5.83. The van der Waals surface area contributed by atoms with Gasteiger partial charge in [-0.05, 0) is 18.2 Å². The topological polar surface area (TPSA) is 146 Å². The van der Waals surface area contributed by atoms with Crippen LogP contribution in [0.3, 0.4) is 0 Å². The summed E-state index contributed by atoms with van der Waals surface area (Å²) in [5, 5.41) is 17.8. The molecule has 0 unspecified atom stereocenters. The number of nitrogens with zero attached hydrogens (tertiary/aromatic N) is 9. The highest BCUT2D eigenvalue weighted by atomic mass is 19.4. The maximum Gasteiger partial charge on any atom is 0.449 e. The summed E-state index contributed by atoms with van der Waals surface area (Å²) in [5.41, 5.74) is -2.56. The van der Waals surface area contributed by atoms with Crippen LogP contribution in [-0.4, -0.2) is 48.7 Å². The van der Waals surface area contributed by atoms with Gasteiger partial charge in [-0.25, -0.2) is 29.3 Å². The predicted octanol–water partition coefficient (Wildman–Crippen LogP) is 2.35. The lowest BCUT2D eigenvalue weighted by Gasteiger charge is -2.38. The third kappa shape index (κ3) is 4.30. The maximum absolute atomic E-state index is 14.9. The first-order valence-corrected chi connectivity index (χ1v) is 10.8. The van der Waals surface area contributed by atoms with E-state index in [9.17, 15) is 22.4 Å². The summed E-state index contributed by atoms with van der Waals surface area (Å²) in [6, 6.07) is 6.96. The fourth-order valence-corrected chi connectivity index (χ4v) is 3.77. The zero-order chi connectivity index (χ0) is 27.2. The van der Waals surface area contributed by atoms with Crippen LogP contribution in [0.2, 0.25) is 0 Å². The van der Waals surface area contributed by atoms with Crippen molar-refractivity contribution in [1.82, 2.24) is 29.5 Å². The van der Waals surface area contributed by atoms with Crippen LogP contribution in [0.1, 0.15) is 17.1 Å². The highest BCUT2D eigenvalue weighted by Crippen LogP contribution is 2.33. The SMILES string of the molecule is Cn1c(C(F)(F)F)nc2c(-c3ccc(C#N)cc3F)nc(N3CC(Oc4cnc(C#N)cn4)C3)nc2c1=O. The van der Waals surface area contributed by atoms with E-state index in [-0.39, 0.29) is 47.4 Å². The van der Waals surface area contributed by atoms with Crippen LogP contribution in [0.25, 0.3) is 22.3 Å². The molecule has 0 bridgehead atoms. The van der Waals surface area contributed by atoms with Crippen molar-refractivity contribution in [3.05, 3.63) is 63.8 Å². The minimum Gasteiger partial charge on any atom is -0.469 e. The normalized spacial score (nSPS) is 13.6. The number of hydrogen-bond acceptors (Lipinski definition) is 10. The molecule has 5 rings (SSSR count). The van der Waals surface area contributed by atoms with E-state index < -0.39 is 40.5 Å². The van der Waals surface area contributed by atoms with Crippen LogP contribution in [0.15, 0.2) is 35.4 Å². The molecule has 1 fully saturated rings. The highest BCUT2D eigenvalue weighted by Gasteiger charge is 2.38. The van der Waals surface area contributed by atoms with Crippen molar-refractivity contribution in [1.29, 1.82) is 10.5 Å². The van der Waals surface area contributed by atoms with Crippen LogP contribution in [0.5, 0.6) is 5.88 Å². The molecule has 0 spiro atoms. The zero-order valence-corrected chi connectivity index (χ0v) is 19.2. The van der Waals surface area contributed by atoms with Gasteiger partial charge in [0.25, 0.3) is 5.56 Å². The van der Waals surface area contributed by atoms with E-state index in [2.05, 4.69) is 24.9 Å². The lowest BCUT2D eigenvalue weighted by molar-refractivity contribution is -0.147. The van der Waals surface area contributed by atoms with Gasteiger partial charge in [-0.2, -0.15) is 23.7 Å². The molecule has 0 aliphatic carbocycles. The molecule has 0 radical (unpaired) electrons. The molecule has 11 nitrogen and oxygen atoms in total. The number of fused-ring (bicyclic) bond motifs is 1. The first-order chi connectivity index (χ1) is 18.1. The van der Waals surface area contributed by atoms with Crippen LogP contribution in [0.4, 0.5) is 23.5 Å². The van der Waals surface area contributed by atoms with Crippen LogP contribution < -0.4 is 15.2 Å². The van der Waals surface area contributed by atoms with Gasteiger partial charge in [-0.1, -0.05) is 0 Å². The number of rotatable bonds is 4. The molecule has 1 aliphatic heterocycles. The molecular formula is C23H13F4N9O2. The third-order valence-corrected chi connectivity index (χ3v) is 5.68. The van der Waals surface area contributed by atoms with Crippen LogP contribution >= 0.6 is 0 Å². The van der Waals surface area contributed by atoms with Crippen molar-refractivity contribution in [3.8, 4) is 29.3 Å². The summed E-state index contributed by atoms with van der Waals surface area (Å²) in [5.74, 6) is -2.32. The Morgan fingerprint density at radius 2 is 1.82 bits per heavy atom. The number of aromatic nitrogens is 6. The zero-order valence-electron chi connectivity index (χ0n) is 19.2. The lowest BCUT2D eigenvalue weighted by Crippen LogP contribution is -2.54. The monoisotopic (exact) mass is 523 g/mol. The van der Waals surface area contributed by atoms with Crippen LogP contribution in [0, 0.1) is 28.5 Å². The molecule has 4 aromatic rings. The van der Waals surface area contributed by atoms with Gasteiger partial charge in [0, 0.05) is 12.6 Å². The van der Waals surface area contributed by atoms with Gasteiger partial charge in [0.2, 0.25) is 17.7 Å². The Labute approximate surface area is 210 Å². The molecule has 190 valence electrons. The summed E-state index contributed by atoms with van der Waals surface area (Å²) in [4.78, 5) is 34.3. The van der Waals surface area contributed by atoms with Gasteiger partial charge < -0.3 is 9.64 Å². The van der Waals surface area contributed by atoms with Gasteiger partial charge in [0.15, 0.2) is 11.2 Å². The van der Waals surface area contributed by atoms with Gasteiger partial charge in [-0.3, -0.25) is 9.36 Å². The van der Waals surface area contributed by atoms with Gasteiger partial charge in [0.1, 0.15) is 29.2 Å². The lowest BCUT2D eigenvalue weighted by atomic mass is 10.1. The molecule has 1 aliphatic rings. The van der Waals surface area contributed by atoms with Crippen molar-refractivity contribution in [2.45, 2.75) is 12.3 Å². The molecule has 4 heterocycles. The Morgan fingerprint density at radius 1 is 1.05 bits per heavy atom. The van der Waals surface area contributed by atoms with E-state index in [0.29, 0.717) is 4.57 Å². The molecule has 0 N–H and O–H groups in total. The first-order valence-electron chi connectivity index (χ1n) is 10.8. The number of anilines is 1. The molecule has 38 heavy (non-hydrogen) atoms. The van der Waals surface area contributed by atoms with E-state index in [4.69, 9.17) is 15.3 Å². The Morgan fingerprint density at radius 3 is 2.42 bits per heavy atom. The minimum atomic E-state index is -4.97.